The molecule has 0 saturated carbocycles. The van der Waals surface area contributed by atoms with Crippen molar-refractivity contribution in [3.05, 3.63) is 22.6 Å². The summed E-state index contributed by atoms with van der Waals surface area (Å²) in [5.74, 6) is 1.54. The lowest BCUT2D eigenvalue weighted by molar-refractivity contribution is 0.766. The topological polar surface area (TPSA) is 45.8 Å². The van der Waals surface area contributed by atoms with Crippen molar-refractivity contribution in [2.24, 2.45) is 5.92 Å². The number of aromatic nitrogens is 2. The van der Waals surface area contributed by atoms with Gasteiger partial charge in [-0.15, -0.1) is 0 Å². The molecule has 1 rings (SSSR count). The highest BCUT2D eigenvalue weighted by Crippen LogP contribution is 2.15. The molecular weight excluding hydrogens is 252 g/mol. The van der Waals surface area contributed by atoms with Gasteiger partial charge in [-0.1, -0.05) is 34.6 Å². The molecule has 0 saturated heterocycles. The Balaban J connectivity index is 2.50. The third-order valence-corrected chi connectivity index (χ3v) is 3.74. The van der Waals surface area contributed by atoms with Crippen molar-refractivity contribution < 1.29 is 0 Å². The van der Waals surface area contributed by atoms with Crippen molar-refractivity contribution >= 4 is 27.7 Å². The van der Waals surface area contributed by atoms with Gasteiger partial charge in [-0.05, 0) is 5.92 Å². The first-order valence-corrected chi connectivity index (χ1v) is 6.07. The zero-order chi connectivity index (χ0) is 9.68. The molecule has 1 aromatic heterocycles. The van der Waals surface area contributed by atoms with Crippen LogP contribution < -0.4 is 5.56 Å². The van der Waals surface area contributed by atoms with E-state index >= 15 is 0 Å². The molecule has 0 amide bonds. The van der Waals surface area contributed by atoms with Crippen LogP contribution in [0.4, 0.5) is 0 Å². The molecule has 1 atom stereocenters. The van der Waals surface area contributed by atoms with Crippen LogP contribution in [0.25, 0.3) is 0 Å². The first kappa shape index (κ1) is 10.8. The SMILES string of the molecule is CC(CBr)CSc1nccc(=O)[nH]1. The molecule has 0 bridgehead atoms. The zero-order valence-electron chi connectivity index (χ0n) is 7.29. The quantitative estimate of drug-likeness (QED) is 0.512. The van der Waals surface area contributed by atoms with E-state index in [4.69, 9.17) is 0 Å². The fourth-order valence-electron chi connectivity index (χ4n) is 0.691. The van der Waals surface area contributed by atoms with Gasteiger partial charge in [0.1, 0.15) is 0 Å². The molecule has 1 aromatic rings. The summed E-state index contributed by atoms with van der Waals surface area (Å²) in [5.41, 5.74) is -0.0935. The molecule has 5 heteroatoms. The maximum absolute atomic E-state index is 10.9. The lowest BCUT2D eigenvalue weighted by Gasteiger charge is -2.04. The number of thioether (sulfide) groups is 1. The molecule has 0 fully saturated rings. The van der Waals surface area contributed by atoms with Gasteiger partial charge in [0, 0.05) is 23.3 Å². The minimum Gasteiger partial charge on any atom is -0.301 e. The summed E-state index contributed by atoms with van der Waals surface area (Å²) in [6.45, 7) is 2.14. The van der Waals surface area contributed by atoms with Gasteiger partial charge in [0.15, 0.2) is 5.16 Å². The molecule has 1 heterocycles. The lowest BCUT2D eigenvalue weighted by atomic mass is 10.3. The number of nitrogens with zero attached hydrogens (tertiary/aromatic N) is 1. The smallest absolute Gasteiger partial charge is 0.251 e. The molecule has 0 aromatic carbocycles. The molecule has 13 heavy (non-hydrogen) atoms. The number of halogens is 1. The van der Waals surface area contributed by atoms with Crippen molar-refractivity contribution in [1.29, 1.82) is 0 Å². The van der Waals surface area contributed by atoms with Crippen molar-refractivity contribution in [3.8, 4) is 0 Å². The zero-order valence-corrected chi connectivity index (χ0v) is 9.69. The number of alkyl halides is 1. The number of hydrogen-bond donors (Lipinski definition) is 1. The lowest BCUT2D eigenvalue weighted by Crippen LogP contribution is -2.07. The molecule has 0 radical (unpaired) electrons. The van der Waals surface area contributed by atoms with Gasteiger partial charge in [-0.25, -0.2) is 4.98 Å². The summed E-state index contributed by atoms with van der Waals surface area (Å²) in [5, 5.41) is 1.66. The predicted molar refractivity (Wildman–Crippen MR) is 58.5 cm³/mol. The van der Waals surface area contributed by atoms with E-state index in [1.54, 1.807) is 11.8 Å². The van der Waals surface area contributed by atoms with Crippen molar-refractivity contribution in [2.45, 2.75) is 12.1 Å². The Morgan fingerprint density at radius 1 is 1.77 bits per heavy atom. The highest BCUT2D eigenvalue weighted by Gasteiger charge is 2.02. The third kappa shape index (κ3) is 3.95. The molecule has 0 aliphatic carbocycles. The summed E-state index contributed by atoms with van der Waals surface area (Å²) in [6.07, 6.45) is 1.53. The van der Waals surface area contributed by atoms with E-state index in [0.717, 1.165) is 11.1 Å². The maximum Gasteiger partial charge on any atom is 0.251 e. The van der Waals surface area contributed by atoms with Gasteiger partial charge < -0.3 is 4.98 Å². The van der Waals surface area contributed by atoms with E-state index in [0.29, 0.717) is 11.1 Å². The Kier molecular flexibility index (Phi) is 4.52. The van der Waals surface area contributed by atoms with E-state index < -0.39 is 0 Å². The number of H-pyrrole nitrogens is 1. The average molecular weight is 263 g/mol. The number of aromatic amines is 1. The van der Waals surface area contributed by atoms with Crippen LogP contribution in [-0.2, 0) is 0 Å². The van der Waals surface area contributed by atoms with Crippen LogP contribution in [0.3, 0.4) is 0 Å². The van der Waals surface area contributed by atoms with Gasteiger partial charge in [0.2, 0.25) is 0 Å². The largest absolute Gasteiger partial charge is 0.301 e. The summed E-state index contributed by atoms with van der Waals surface area (Å²) < 4.78 is 0. The van der Waals surface area contributed by atoms with E-state index in [2.05, 4.69) is 32.8 Å². The van der Waals surface area contributed by atoms with E-state index in [-0.39, 0.29) is 5.56 Å². The molecule has 1 unspecified atom stereocenters. The Morgan fingerprint density at radius 3 is 3.15 bits per heavy atom. The highest BCUT2D eigenvalue weighted by atomic mass is 79.9. The van der Waals surface area contributed by atoms with Crippen molar-refractivity contribution in [3.63, 3.8) is 0 Å². The summed E-state index contributed by atoms with van der Waals surface area (Å²) in [7, 11) is 0. The molecule has 0 aliphatic rings. The second-order valence-electron chi connectivity index (χ2n) is 2.81. The minimum absolute atomic E-state index is 0.0935. The first-order valence-electron chi connectivity index (χ1n) is 3.96. The summed E-state index contributed by atoms with van der Waals surface area (Å²) in [4.78, 5) is 17.6. The Bertz CT molecular complexity index is 315. The van der Waals surface area contributed by atoms with Crippen LogP contribution >= 0.6 is 27.7 Å². The predicted octanol–water partition coefficient (Wildman–Crippen LogP) is 1.89. The number of nitrogens with one attached hydrogen (secondary N) is 1. The third-order valence-electron chi connectivity index (χ3n) is 1.42. The normalized spacial score (nSPS) is 12.8. The van der Waals surface area contributed by atoms with Crippen LogP contribution in [0.15, 0.2) is 22.2 Å². The number of rotatable bonds is 4. The van der Waals surface area contributed by atoms with Gasteiger partial charge in [0.05, 0.1) is 0 Å². The van der Waals surface area contributed by atoms with E-state index in [1.165, 1.54) is 12.3 Å². The minimum atomic E-state index is -0.0935. The maximum atomic E-state index is 10.9. The van der Waals surface area contributed by atoms with Gasteiger partial charge >= 0.3 is 0 Å². The van der Waals surface area contributed by atoms with Gasteiger partial charge in [0.25, 0.3) is 5.56 Å². The fourth-order valence-corrected chi connectivity index (χ4v) is 2.09. The van der Waals surface area contributed by atoms with Gasteiger partial charge in [-0.2, -0.15) is 0 Å². The Labute approximate surface area is 89.5 Å². The highest BCUT2D eigenvalue weighted by molar-refractivity contribution is 9.09. The van der Waals surface area contributed by atoms with Crippen LogP contribution in [0.2, 0.25) is 0 Å². The van der Waals surface area contributed by atoms with Crippen molar-refractivity contribution in [1.82, 2.24) is 9.97 Å². The summed E-state index contributed by atoms with van der Waals surface area (Å²) >= 11 is 4.97. The monoisotopic (exact) mass is 262 g/mol. The van der Waals surface area contributed by atoms with Crippen LogP contribution in [-0.4, -0.2) is 21.1 Å². The van der Waals surface area contributed by atoms with E-state index in [9.17, 15) is 4.79 Å². The average Bonchev–Trinajstić information content (AvgIpc) is 2.14. The van der Waals surface area contributed by atoms with Crippen LogP contribution in [0.5, 0.6) is 0 Å². The van der Waals surface area contributed by atoms with Crippen LogP contribution in [0.1, 0.15) is 6.92 Å². The Morgan fingerprint density at radius 2 is 2.54 bits per heavy atom. The Hall–Kier alpha value is -0.290. The number of hydrogen-bond acceptors (Lipinski definition) is 3. The second-order valence-corrected chi connectivity index (χ2v) is 4.47. The second kappa shape index (κ2) is 5.44. The molecular formula is C8H11BrN2OS. The molecule has 3 nitrogen and oxygen atoms in total. The molecule has 0 spiro atoms. The van der Waals surface area contributed by atoms with Crippen LogP contribution in [0, 0.1) is 5.92 Å². The molecule has 1 N–H and O–H groups in total. The molecule has 72 valence electrons. The molecule has 0 aliphatic heterocycles. The van der Waals surface area contributed by atoms with Gasteiger partial charge in [-0.3, -0.25) is 4.79 Å². The standard InChI is InChI=1S/C8H11BrN2OS/c1-6(4-9)5-13-8-10-3-2-7(12)11-8/h2-3,6H,4-5H2,1H3,(H,10,11,12). The first-order chi connectivity index (χ1) is 6.22. The summed E-state index contributed by atoms with van der Waals surface area (Å²) in [6, 6.07) is 1.41. The van der Waals surface area contributed by atoms with E-state index in [1.807, 2.05) is 0 Å². The fraction of sp³-hybridized carbons (Fsp3) is 0.500. The van der Waals surface area contributed by atoms with Crippen molar-refractivity contribution in [2.75, 3.05) is 11.1 Å².